The van der Waals surface area contributed by atoms with Crippen LogP contribution in [0.1, 0.15) is 38.7 Å². The number of likely N-dealkylation sites (tertiary alicyclic amines) is 1. The van der Waals surface area contributed by atoms with E-state index in [1.54, 1.807) is 0 Å². The molecule has 0 aromatic heterocycles. The summed E-state index contributed by atoms with van der Waals surface area (Å²) in [6, 6.07) is 12.4. The van der Waals surface area contributed by atoms with E-state index in [0.717, 1.165) is 24.9 Å². The fraction of sp³-hybridized carbons (Fsp3) is 0.579. The minimum Gasteiger partial charge on any atom is -0.323 e. The fourth-order valence-corrected chi connectivity index (χ4v) is 5.68. The molecule has 1 saturated heterocycles. The van der Waals surface area contributed by atoms with E-state index < -0.39 is 5.54 Å². The van der Waals surface area contributed by atoms with Crippen molar-refractivity contribution in [2.75, 3.05) is 6.54 Å². The SMILES string of the molecule is CC12CN(C(=O)Cc3ccccc3)C3(C#N)CC1CCC23C. The lowest BCUT2D eigenvalue weighted by molar-refractivity contribution is -0.136. The maximum atomic E-state index is 12.9. The van der Waals surface area contributed by atoms with Crippen LogP contribution in [0.4, 0.5) is 0 Å². The van der Waals surface area contributed by atoms with Crippen molar-refractivity contribution in [2.45, 2.75) is 45.1 Å². The Balaban J connectivity index is 1.68. The van der Waals surface area contributed by atoms with Crippen molar-refractivity contribution in [3.63, 3.8) is 0 Å². The van der Waals surface area contributed by atoms with Gasteiger partial charge in [0, 0.05) is 12.0 Å². The number of benzene rings is 1. The highest BCUT2D eigenvalue weighted by Gasteiger charge is 2.78. The van der Waals surface area contributed by atoms with Crippen molar-refractivity contribution in [1.82, 2.24) is 4.90 Å². The molecule has 3 aliphatic rings. The number of hydrogen-bond donors (Lipinski definition) is 0. The molecule has 3 fully saturated rings. The summed E-state index contributed by atoms with van der Waals surface area (Å²) < 4.78 is 0. The molecule has 1 aromatic rings. The minimum atomic E-state index is -0.573. The van der Waals surface area contributed by atoms with E-state index >= 15 is 0 Å². The van der Waals surface area contributed by atoms with E-state index in [9.17, 15) is 10.1 Å². The molecule has 4 atom stereocenters. The summed E-state index contributed by atoms with van der Waals surface area (Å²) in [6.45, 7) is 5.31. The number of carbonyl (C=O) groups excluding carboxylic acids is 1. The summed E-state index contributed by atoms with van der Waals surface area (Å²) in [6.07, 6.45) is 3.58. The van der Waals surface area contributed by atoms with E-state index in [2.05, 4.69) is 19.9 Å². The second kappa shape index (κ2) is 4.13. The number of nitrogens with zero attached hydrogens (tertiary/aromatic N) is 2. The topological polar surface area (TPSA) is 44.1 Å². The lowest BCUT2D eigenvalue weighted by Gasteiger charge is -2.43. The van der Waals surface area contributed by atoms with Gasteiger partial charge in [0.2, 0.25) is 5.91 Å². The van der Waals surface area contributed by atoms with Gasteiger partial charge in [0.05, 0.1) is 12.5 Å². The zero-order valence-corrected chi connectivity index (χ0v) is 13.3. The second-order valence-electron chi connectivity index (χ2n) is 7.80. The maximum absolute atomic E-state index is 12.9. The molecule has 3 nitrogen and oxygen atoms in total. The molecule has 0 N–H and O–H groups in total. The van der Waals surface area contributed by atoms with Crippen LogP contribution in [0.5, 0.6) is 0 Å². The molecular formula is C19H22N2O. The van der Waals surface area contributed by atoms with E-state index in [-0.39, 0.29) is 16.7 Å². The van der Waals surface area contributed by atoms with Gasteiger partial charge in [-0.2, -0.15) is 5.26 Å². The van der Waals surface area contributed by atoms with Gasteiger partial charge in [0.1, 0.15) is 5.54 Å². The van der Waals surface area contributed by atoms with Crippen molar-refractivity contribution in [3.8, 4) is 6.07 Å². The first-order valence-corrected chi connectivity index (χ1v) is 8.22. The smallest absolute Gasteiger partial charge is 0.228 e. The molecule has 1 heterocycles. The Bertz CT molecular complexity index is 678. The first-order valence-electron chi connectivity index (χ1n) is 8.22. The summed E-state index contributed by atoms with van der Waals surface area (Å²) in [4.78, 5) is 14.8. The van der Waals surface area contributed by atoms with Gasteiger partial charge < -0.3 is 4.90 Å². The Kier molecular flexibility index (Phi) is 2.59. The largest absolute Gasteiger partial charge is 0.323 e. The van der Waals surface area contributed by atoms with Crippen molar-refractivity contribution in [1.29, 1.82) is 5.26 Å². The van der Waals surface area contributed by atoms with Gasteiger partial charge in [-0.3, -0.25) is 4.79 Å². The Hall–Kier alpha value is -1.82. The van der Waals surface area contributed by atoms with Crippen molar-refractivity contribution in [2.24, 2.45) is 16.7 Å². The van der Waals surface area contributed by atoms with Crippen molar-refractivity contribution < 1.29 is 4.79 Å². The van der Waals surface area contributed by atoms with Crippen molar-refractivity contribution in [3.05, 3.63) is 35.9 Å². The number of carbonyl (C=O) groups is 1. The van der Waals surface area contributed by atoms with Gasteiger partial charge >= 0.3 is 0 Å². The monoisotopic (exact) mass is 294 g/mol. The van der Waals surface area contributed by atoms with Gasteiger partial charge in [-0.25, -0.2) is 0 Å². The summed E-state index contributed by atoms with van der Waals surface area (Å²) in [5, 5.41) is 9.99. The van der Waals surface area contributed by atoms with Crippen molar-refractivity contribution >= 4 is 5.91 Å². The van der Waals surface area contributed by atoms with E-state index in [1.807, 2.05) is 35.2 Å². The zero-order chi connectivity index (χ0) is 15.6. The molecule has 114 valence electrons. The molecule has 4 rings (SSSR count). The summed E-state index contributed by atoms with van der Waals surface area (Å²) in [5.74, 6) is 0.723. The lowest BCUT2D eigenvalue weighted by atomic mass is 9.66. The van der Waals surface area contributed by atoms with Crippen LogP contribution in [0.2, 0.25) is 0 Å². The van der Waals surface area contributed by atoms with E-state index in [0.29, 0.717) is 12.3 Å². The molecular weight excluding hydrogens is 272 g/mol. The van der Waals surface area contributed by atoms with Crippen LogP contribution in [-0.2, 0) is 11.2 Å². The van der Waals surface area contributed by atoms with E-state index in [4.69, 9.17) is 0 Å². The third-order valence-electron chi connectivity index (χ3n) is 7.24. The van der Waals surface area contributed by atoms with Gasteiger partial charge in [0.15, 0.2) is 0 Å². The Morgan fingerprint density at radius 1 is 1.36 bits per heavy atom. The Morgan fingerprint density at radius 2 is 2.09 bits per heavy atom. The van der Waals surface area contributed by atoms with Gasteiger partial charge in [-0.1, -0.05) is 44.2 Å². The number of hydrogen-bond acceptors (Lipinski definition) is 2. The minimum absolute atomic E-state index is 0.0359. The molecule has 3 heteroatoms. The maximum Gasteiger partial charge on any atom is 0.228 e. The van der Waals surface area contributed by atoms with Crippen LogP contribution >= 0.6 is 0 Å². The Labute approximate surface area is 131 Å². The van der Waals surface area contributed by atoms with Crippen LogP contribution in [0.3, 0.4) is 0 Å². The fourth-order valence-electron chi connectivity index (χ4n) is 5.68. The molecule has 0 radical (unpaired) electrons. The second-order valence-corrected chi connectivity index (χ2v) is 7.80. The highest BCUT2D eigenvalue weighted by atomic mass is 16.2. The number of piperidine rings is 1. The quantitative estimate of drug-likeness (QED) is 0.841. The normalized spacial score (nSPS) is 41.7. The third kappa shape index (κ3) is 1.34. The molecule has 0 spiro atoms. The molecule has 1 amide bonds. The standard InChI is InChI=1S/C19H22N2O/c1-17-13-21(16(22)10-14-6-4-3-5-7-14)19(12-20)11-15(17)8-9-18(17,19)2/h3-7,15H,8-11,13H2,1-2H3. The number of rotatable bonds is 2. The predicted molar refractivity (Wildman–Crippen MR) is 83.8 cm³/mol. The van der Waals surface area contributed by atoms with Crippen LogP contribution in [-0.4, -0.2) is 22.9 Å². The number of amides is 1. The van der Waals surface area contributed by atoms with Gasteiger partial charge in [0.25, 0.3) is 0 Å². The molecule has 4 bridgehead atoms. The van der Waals surface area contributed by atoms with Gasteiger partial charge in [-0.15, -0.1) is 0 Å². The van der Waals surface area contributed by atoms with Gasteiger partial charge in [-0.05, 0) is 36.2 Å². The lowest BCUT2D eigenvalue weighted by Crippen LogP contribution is -2.55. The molecule has 1 aromatic carbocycles. The first kappa shape index (κ1) is 13.8. The average Bonchev–Trinajstić information content (AvgIpc) is 2.97. The van der Waals surface area contributed by atoms with Crippen LogP contribution in [0.25, 0.3) is 0 Å². The first-order chi connectivity index (χ1) is 10.5. The highest BCUT2D eigenvalue weighted by molar-refractivity contribution is 5.81. The third-order valence-corrected chi connectivity index (χ3v) is 7.24. The summed E-state index contributed by atoms with van der Waals surface area (Å²) in [7, 11) is 0. The zero-order valence-electron chi connectivity index (χ0n) is 13.3. The van der Waals surface area contributed by atoms with Crippen LogP contribution < -0.4 is 0 Å². The van der Waals surface area contributed by atoms with Crippen LogP contribution in [0, 0.1) is 28.1 Å². The van der Waals surface area contributed by atoms with E-state index in [1.165, 1.54) is 6.42 Å². The molecule has 4 unspecified atom stereocenters. The molecule has 22 heavy (non-hydrogen) atoms. The summed E-state index contributed by atoms with van der Waals surface area (Å²) in [5.41, 5.74) is 0.543. The number of nitriles is 1. The highest BCUT2D eigenvalue weighted by Crippen LogP contribution is 2.75. The summed E-state index contributed by atoms with van der Waals surface area (Å²) >= 11 is 0. The molecule has 2 saturated carbocycles. The predicted octanol–water partition coefficient (Wildman–Crippen LogP) is 3.16. The molecule has 2 aliphatic carbocycles. The average molecular weight is 294 g/mol. The van der Waals surface area contributed by atoms with Crippen LogP contribution in [0.15, 0.2) is 30.3 Å². The Morgan fingerprint density at radius 3 is 2.73 bits per heavy atom. The molecule has 1 aliphatic heterocycles.